The molecular formula is C95H103N21O11+2. The van der Waals surface area contributed by atoms with E-state index in [1.165, 1.54) is 43.3 Å². The number of quaternary nitrogens is 3. The SMILES string of the molecule is CCC[N+](C)([O-])C/C=C/C(=O)Nc1cccc(-n2c(=O)n(-c3ccc(Oc4ccccc4)cc3)c3c(N)ncnc32)c1.CN(C(=O)/C=C/C[N+](C)(C)C)C1CCC(n2c(=O)n(-c3ccc(Oc4ccccc4)cc3)c3c(N)ncnc32)CC1.C[N+](C)(C/C=C/C(=O)Nc1cccc(-n2c(=O)n(-c3ccc(Oc4ccccc4)cc3)c3c(N)ncnc32)c1)C1CCOC1. The Balaban J connectivity index is 0.000000154. The molecule has 0 radical (unpaired) electrons. The number of para-hydroxylation sites is 3. The summed E-state index contributed by atoms with van der Waals surface area (Å²) >= 11 is 0. The van der Waals surface area contributed by atoms with Gasteiger partial charge in [0.05, 0.1) is 110 Å². The number of carbonyl (C=O) groups is 3. The molecule has 14 aromatic rings. The lowest BCUT2D eigenvalue weighted by molar-refractivity contribution is -0.907. The van der Waals surface area contributed by atoms with Crippen LogP contribution in [-0.2, 0) is 19.1 Å². The Morgan fingerprint density at radius 3 is 1.27 bits per heavy atom. The number of ether oxygens (including phenoxy) is 4. The summed E-state index contributed by atoms with van der Waals surface area (Å²) in [6.45, 7) is 5.61. The fourth-order valence-corrected chi connectivity index (χ4v) is 15.4. The number of fused-ring (bicyclic) bond motifs is 3. The number of anilines is 5. The van der Waals surface area contributed by atoms with Crippen LogP contribution in [0.15, 0.2) is 282 Å². The van der Waals surface area contributed by atoms with Gasteiger partial charge in [0.1, 0.15) is 76.1 Å². The average molecular weight is 1720 g/mol. The molecular weight excluding hydrogens is 1610 g/mol. The van der Waals surface area contributed by atoms with Gasteiger partial charge in [0.25, 0.3) is 0 Å². The minimum Gasteiger partial charge on any atom is -0.633 e. The van der Waals surface area contributed by atoms with E-state index in [0.29, 0.717) is 121 Å². The van der Waals surface area contributed by atoms with E-state index >= 15 is 0 Å². The van der Waals surface area contributed by atoms with Crippen molar-refractivity contribution >= 4 is 80.0 Å². The van der Waals surface area contributed by atoms with Gasteiger partial charge in [-0.1, -0.05) is 73.7 Å². The maximum atomic E-state index is 14.0. The molecule has 127 heavy (non-hydrogen) atoms. The van der Waals surface area contributed by atoms with Gasteiger partial charge in [-0.15, -0.1) is 0 Å². The number of nitrogen functional groups attached to an aromatic ring is 3. The highest BCUT2D eigenvalue weighted by Gasteiger charge is 2.33. The molecule has 1 saturated carbocycles. The third kappa shape index (κ3) is 21.3. The van der Waals surface area contributed by atoms with Gasteiger partial charge in [0.2, 0.25) is 17.7 Å². The predicted octanol–water partition coefficient (Wildman–Crippen LogP) is 13.3. The van der Waals surface area contributed by atoms with Gasteiger partial charge >= 0.3 is 17.1 Å². The van der Waals surface area contributed by atoms with Crippen LogP contribution in [0.5, 0.6) is 34.5 Å². The van der Waals surface area contributed by atoms with Gasteiger partial charge < -0.3 is 70.5 Å². The molecule has 1 aliphatic carbocycles. The zero-order chi connectivity index (χ0) is 89.5. The molecule has 2 unspecified atom stereocenters. The van der Waals surface area contributed by atoms with E-state index in [9.17, 15) is 34.0 Å². The van der Waals surface area contributed by atoms with Crippen LogP contribution >= 0.6 is 0 Å². The van der Waals surface area contributed by atoms with Crippen LogP contribution in [0.25, 0.3) is 61.9 Å². The van der Waals surface area contributed by atoms with Crippen molar-refractivity contribution in [2.75, 3.05) is 117 Å². The fourth-order valence-electron chi connectivity index (χ4n) is 15.4. The van der Waals surface area contributed by atoms with E-state index in [1.807, 2.05) is 146 Å². The smallest absolute Gasteiger partial charge is 0.339 e. The molecule has 0 spiro atoms. The molecule has 3 amide bonds. The Kier molecular flexibility index (Phi) is 27.3. The minimum absolute atomic E-state index is 0.0101. The summed E-state index contributed by atoms with van der Waals surface area (Å²) in [6.07, 6.45) is 18.8. The van der Waals surface area contributed by atoms with Gasteiger partial charge in [-0.3, -0.25) is 32.7 Å². The quantitative estimate of drug-likeness (QED) is 0.0181. The van der Waals surface area contributed by atoms with Crippen molar-refractivity contribution in [2.45, 2.75) is 63.6 Å². The van der Waals surface area contributed by atoms with E-state index in [2.05, 4.69) is 75.8 Å². The highest BCUT2D eigenvalue weighted by atomic mass is 16.5. The Hall–Kier alpha value is -15.0. The second-order valence-corrected chi connectivity index (χ2v) is 32.8. The third-order valence-corrected chi connectivity index (χ3v) is 22.0. The molecule has 652 valence electrons. The number of likely N-dealkylation sites (N-methyl/N-ethyl adjacent to an activating group) is 4. The van der Waals surface area contributed by atoms with Crippen LogP contribution in [0.2, 0.25) is 0 Å². The van der Waals surface area contributed by atoms with E-state index < -0.39 is 10.3 Å². The Morgan fingerprint density at radius 2 is 0.858 bits per heavy atom. The van der Waals surface area contributed by atoms with E-state index in [1.54, 1.807) is 131 Å². The zero-order valence-corrected chi connectivity index (χ0v) is 72.0. The largest absolute Gasteiger partial charge is 0.633 e. The van der Waals surface area contributed by atoms with Crippen LogP contribution in [0.3, 0.4) is 0 Å². The molecule has 8 N–H and O–H groups in total. The highest BCUT2D eigenvalue weighted by Crippen LogP contribution is 2.36. The highest BCUT2D eigenvalue weighted by molar-refractivity contribution is 6.00. The number of imidazole rings is 3. The molecule has 2 fully saturated rings. The van der Waals surface area contributed by atoms with Crippen LogP contribution in [0.4, 0.5) is 28.8 Å². The summed E-state index contributed by atoms with van der Waals surface area (Å²) in [6, 6.07) is 64.1. The standard InChI is InChI=1S/C33H33N7O4.C31H31N7O4.C31H38N7O3/c1-40(2,26-17-19-43-21-26)18-7-12-29(41)37-23-8-6-9-25(20-23)39-32-30(31(34)35-22-36-32)38(33(39)42)24-13-15-28(16-14-24)44-27-10-4-3-5-11-27;1-3-18-38(2,41)19-8-13-27(39)35-22-9-7-10-24(20-22)37-30-28(29(32)33-21-34-30)36(31(37)40)23-14-16-26(17-15-23)42-25-11-5-4-6-12-25;1-35(27(39)11-8-20-38(2,3)4)22-12-14-24(15-13-22)37-30-28(29(32)33-21-34-30)36(31(37)40)23-16-18-26(19-17-23)41-25-9-6-5-7-10-25/h3-16,20,22,26H,17-19,21H2,1-2H3,(H2-,34,35,36,37,41);4-17,20-21H,3,18-19H2,1-2H3,(H,35,39)(H2,32,33,34);5-11,16-19,21-22,24H,12-15,20H2,1-4H3,(H2,32,33,34)/q;;+1/p+1/b12-7+;13-8+;11-8+. The lowest BCUT2D eigenvalue weighted by atomic mass is 9.90. The number of hydrogen-bond acceptors (Lipinski definition) is 20. The number of rotatable bonds is 27. The molecule has 2 aliphatic rings. The van der Waals surface area contributed by atoms with E-state index in [0.717, 1.165) is 73.0 Å². The molecule has 32 heteroatoms. The van der Waals surface area contributed by atoms with Gasteiger partial charge in [0.15, 0.2) is 34.4 Å². The summed E-state index contributed by atoms with van der Waals surface area (Å²) in [5, 5.41) is 18.0. The maximum absolute atomic E-state index is 14.0. The number of benzene rings is 8. The first-order valence-corrected chi connectivity index (χ1v) is 41.7. The number of nitrogens with two attached hydrogens (primary N) is 3. The fraction of sp³-hybridized carbons (Fsp3) is 0.242. The van der Waals surface area contributed by atoms with Crippen LogP contribution in [-0.4, -0.2) is 194 Å². The predicted molar refractivity (Wildman–Crippen MR) is 492 cm³/mol. The lowest BCUT2D eigenvalue weighted by Gasteiger charge is -2.37. The van der Waals surface area contributed by atoms with Crippen LogP contribution in [0, 0.1) is 5.21 Å². The second-order valence-electron chi connectivity index (χ2n) is 32.8. The van der Waals surface area contributed by atoms with Crippen LogP contribution in [0.1, 0.15) is 51.5 Å². The van der Waals surface area contributed by atoms with Crippen molar-refractivity contribution in [3.05, 3.63) is 304 Å². The molecule has 0 bridgehead atoms. The number of hydroxylamine groups is 3. The number of aromatic nitrogens is 12. The monoisotopic (exact) mass is 1710 g/mol. The topological polar surface area (TPSA) is 375 Å². The zero-order valence-electron chi connectivity index (χ0n) is 72.0. The second kappa shape index (κ2) is 39.3. The summed E-state index contributed by atoms with van der Waals surface area (Å²) < 4.78 is 33.4. The number of amides is 3. The Bertz CT molecular complexity index is 6500. The minimum atomic E-state index is -0.448. The van der Waals surface area contributed by atoms with Crippen molar-refractivity contribution < 1.29 is 46.9 Å². The van der Waals surface area contributed by atoms with Gasteiger partial charge in [-0.2, -0.15) is 0 Å². The van der Waals surface area contributed by atoms with Crippen molar-refractivity contribution in [3.8, 4) is 62.9 Å². The number of hydrogen-bond donors (Lipinski definition) is 5. The summed E-state index contributed by atoms with van der Waals surface area (Å²) in [4.78, 5) is 107. The summed E-state index contributed by atoms with van der Waals surface area (Å²) in [5.41, 5.74) is 23.9. The first-order chi connectivity index (χ1) is 61.2. The van der Waals surface area contributed by atoms with Crippen molar-refractivity contribution in [1.29, 1.82) is 0 Å². The third-order valence-electron chi connectivity index (χ3n) is 22.0. The Labute approximate surface area is 732 Å². The number of nitrogens with zero attached hydrogens (tertiary/aromatic N) is 16. The molecule has 1 aliphatic heterocycles. The van der Waals surface area contributed by atoms with Crippen LogP contribution < -0.4 is 59.1 Å². The molecule has 2 atom stereocenters. The summed E-state index contributed by atoms with van der Waals surface area (Å²) in [5.74, 6) is 3.92. The number of carbonyl (C=O) groups excluding carboxylic acids is 3. The Morgan fingerprint density at radius 1 is 0.465 bits per heavy atom. The van der Waals surface area contributed by atoms with Gasteiger partial charge in [0, 0.05) is 55.2 Å². The van der Waals surface area contributed by atoms with Gasteiger partial charge in [-0.05, 0) is 196 Å². The normalized spacial score (nSPS) is 15.2. The number of nitrogens with one attached hydrogen (secondary N) is 2. The molecule has 8 aromatic carbocycles. The average Bonchev–Trinajstić information content (AvgIpc) is 1.60. The van der Waals surface area contributed by atoms with Gasteiger partial charge in [-0.25, -0.2) is 53.4 Å². The molecule has 32 nitrogen and oxygen atoms in total. The van der Waals surface area contributed by atoms with E-state index in [-0.39, 0.29) is 65.2 Å². The first kappa shape index (κ1) is 88.4. The molecule has 1 saturated heterocycles. The van der Waals surface area contributed by atoms with Crippen molar-refractivity contribution in [1.82, 2.24) is 62.2 Å². The molecule has 7 heterocycles. The molecule has 6 aromatic heterocycles. The van der Waals surface area contributed by atoms with Crippen molar-refractivity contribution in [2.24, 2.45) is 0 Å². The molecule has 16 rings (SSSR count). The lowest BCUT2D eigenvalue weighted by Crippen LogP contribution is -2.49. The maximum Gasteiger partial charge on any atom is 0.339 e. The van der Waals surface area contributed by atoms with E-state index in [4.69, 9.17) is 36.1 Å². The summed E-state index contributed by atoms with van der Waals surface area (Å²) in [7, 11) is 14.0. The van der Waals surface area contributed by atoms with Crippen molar-refractivity contribution in [3.63, 3.8) is 0 Å². The first-order valence-electron chi connectivity index (χ1n) is 41.7.